The molecule has 1 aliphatic carbocycles. The van der Waals surface area contributed by atoms with Crippen LogP contribution in [0.25, 0.3) is 0 Å². The number of nitriles is 1. The highest BCUT2D eigenvalue weighted by molar-refractivity contribution is 5.85. The van der Waals surface area contributed by atoms with Crippen molar-refractivity contribution in [1.82, 2.24) is 0 Å². The summed E-state index contributed by atoms with van der Waals surface area (Å²) < 4.78 is 4.71. The number of nitrogens with zero attached hydrogens (tertiary/aromatic N) is 1. The average molecular weight is 221 g/mol. The van der Waals surface area contributed by atoms with Crippen molar-refractivity contribution in [2.45, 2.75) is 20.3 Å². The van der Waals surface area contributed by atoms with Crippen molar-refractivity contribution in [1.29, 1.82) is 5.26 Å². The molecule has 3 atom stereocenters. The molecule has 0 spiro atoms. The Hall–Kier alpha value is -1.63. The number of hydrogen-bond acceptors (Lipinski definition) is 4. The number of allylic oxidation sites excluding steroid dienone is 2. The molecule has 4 heteroatoms. The van der Waals surface area contributed by atoms with Crippen molar-refractivity contribution >= 4 is 12.3 Å². The lowest BCUT2D eigenvalue weighted by molar-refractivity contribution is -0.154. The van der Waals surface area contributed by atoms with Gasteiger partial charge in [0, 0.05) is 5.92 Å². The van der Waals surface area contributed by atoms with Crippen LogP contribution in [0.3, 0.4) is 0 Å². The second-order valence-corrected chi connectivity index (χ2v) is 4.15. The van der Waals surface area contributed by atoms with E-state index in [1.54, 1.807) is 13.0 Å². The number of ether oxygens (including phenoxy) is 1. The molecular weight excluding hydrogens is 206 g/mol. The van der Waals surface area contributed by atoms with Crippen molar-refractivity contribution < 1.29 is 14.3 Å². The quantitative estimate of drug-likeness (QED) is 0.523. The summed E-state index contributed by atoms with van der Waals surface area (Å²) in [5, 5.41) is 9.30. The second-order valence-electron chi connectivity index (χ2n) is 4.15. The van der Waals surface area contributed by atoms with Crippen LogP contribution < -0.4 is 0 Å². The first-order valence-electron chi connectivity index (χ1n) is 5.19. The maximum absolute atomic E-state index is 11.8. The molecule has 0 heterocycles. The van der Waals surface area contributed by atoms with Gasteiger partial charge in [0.05, 0.1) is 13.2 Å². The van der Waals surface area contributed by atoms with Gasteiger partial charge in [0.15, 0.2) is 5.41 Å². The van der Waals surface area contributed by atoms with E-state index >= 15 is 0 Å². The fourth-order valence-corrected chi connectivity index (χ4v) is 2.31. The summed E-state index contributed by atoms with van der Waals surface area (Å²) in [5.74, 6) is -1.13. The first-order valence-corrected chi connectivity index (χ1v) is 5.19. The van der Waals surface area contributed by atoms with Crippen LogP contribution in [0.1, 0.15) is 20.3 Å². The molecule has 1 aliphatic rings. The first-order chi connectivity index (χ1) is 7.54. The van der Waals surface area contributed by atoms with Crippen molar-refractivity contribution in [2.75, 3.05) is 7.11 Å². The number of esters is 1. The van der Waals surface area contributed by atoms with E-state index in [9.17, 15) is 14.9 Å². The van der Waals surface area contributed by atoms with E-state index in [1.807, 2.05) is 6.92 Å². The zero-order valence-corrected chi connectivity index (χ0v) is 9.69. The van der Waals surface area contributed by atoms with Gasteiger partial charge < -0.3 is 4.74 Å². The average Bonchev–Trinajstić information content (AvgIpc) is 2.30. The van der Waals surface area contributed by atoms with Crippen LogP contribution >= 0.6 is 0 Å². The first kappa shape index (κ1) is 12.4. The SMILES string of the molecule is COC(=O)C1(C#N)[C@H](C)CC=C(C=O)[C@H]1C. The maximum atomic E-state index is 11.8. The second kappa shape index (κ2) is 4.48. The van der Waals surface area contributed by atoms with Gasteiger partial charge >= 0.3 is 5.97 Å². The molecule has 86 valence electrons. The van der Waals surface area contributed by atoms with E-state index in [2.05, 4.69) is 6.07 Å². The molecule has 0 aromatic rings. The zero-order chi connectivity index (χ0) is 12.3. The van der Waals surface area contributed by atoms with Crippen LogP contribution in [0.4, 0.5) is 0 Å². The van der Waals surface area contributed by atoms with Crippen molar-refractivity contribution in [3.63, 3.8) is 0 Å². The number of methoxy groups -OCH3 is 1. The van der Waals surface area contributed by atoms with Gasteiger partial charge in [-0.15, -0.1) is 0 Å². The predicted octanol–water partition coefficient (Wildman–Crippen LogP) is 1.47. The minimum Gasteiger partial charge on any atom is -0.468 e. The smallest absolute Gasteiger partial charge is 0.327 e. The van der Waals surface area contributed by atoms with Gasteiger partial charge in [-0.25, -0.2) is 0 Å². The molecule has 0 saturated carbocycles. The Morgan fingerprint density at radius 2 is 2.31 bits per heavy atom. The van der Waals surface area contributed by atoms with Crippen molar-refractivity contribution in [3.05, 3.63) is 11.6 Å². The molecule has 0 N–H and O–H groups in total. The molecule has 0 radical (unpaired) electrons. The standard InChI is InChI=1S/C12H15NO3/c1-8-4-5-10(6-14)9(2)12(8,7-13)11(15)16-3/h5-6,8-9H,4H2,1-3H3/t8-,9-,12?/m1/s1. The largest absolute Gasteiger partial charge is 0.468 e. The summed E-state index contributed by atoms with van der Waals surface area (Å²) in [5.41, 5.74) is -0.732. The molecule has 0 saturated heterocycles. The highest BCUT2D eigenvalue weighted by Gasteiger charge is 2.52. The minimum atomic E-state index is -1.24. The van der Waals surface area contributed by atoms with Crippen LogP contribution in [0, 0.1) is 28.6 Å². The predicted molar refractivity (Wildman–Crippen MR) is 57.2 cm³/mol. The molecular formula is C12H15NO3. The van der Waals surface area contributed by atoms with E-state index in [4.69, 9.17) is 4.74 Å². The van der Waals surface area contributed by atoms with E-state index in [1.165, 1.54) is 7.11 Å². The van der Waals surface area contributed by atoms with Gasteiger partial charge in [0.1, 0.15) is 6.29 Å². The summed E-state index contributed by atoms with van der Waals surface area (Å²) in [4.78, 5) is 22.7. The molecule has 0 amide bonds. The summed E-state index contributed by atoms with van der Waals surface area (Å²) in [6, 6.07) is 2.06. The van der Waals surface area contributed by atoms with E-state index in [0.717, 1.165) is 0 Å². The third-order valence-electron chi connectivity index (χ3n) is 3.51. The highest BCUT2D eigenvalue weighted by atomic mass is 16.5. The Morgan fingerprint density at radius 1 is 1.69 bits per heavy atom. The van der Waals surface area contributed by atoms with Gasteiger partial charge in [-0.05, 0) is 17.9 Å². The minimum absolute atomic E-state index is 0.149. The molecule has 0 bridgehead atoms. The van der Waals surface area contributed by atoms with Gasteiger partial charge in [0.2, 0.25) is 0 Å². The molecule has 0 aliphatic heterocycles. The zero-order valence-electron chi connectivity index (χ0n) is 9.69. The molecule has 0 aromatic carbocycles. The van der Waals surface area contributed by atoms with Crippen LogP contribution in [0.15, 0.2) is 11.6 Å². The van der Waals surface area contributed by atoms with E-state index < -0.39 is 17.3 Å². The van der Waals surface area contributed by atoms with Crippen LogP contribution in [-0.2, 0) is 14.3 Å². The lowest BCUT2D eigenvalue weighted by Gasteiger charge is -2.38. The maximum Gasteiger partial charge on any atom is 0.327 e. The Balaban J connectivity index is 3.28. The molecule has 0 aromatic heterocycles. The number of hydrogen-bond donors (Lipinski definition) is 0. The molecule has 1 rings (SSSR count). The van der Waals surface area contributed by atoms with E-state index in [-0.39, 0.29) is 5.92 Å². The topological polar surface area (TPSA) is 67.2 Å². The third kappa shape index (κ3) is 1.53. The lowest BCUT2D eigenvalue weighted by Crippen LogP contribution is -2.45. The number of rotatable bonds is 2. The normalized spacial score (nSPS) is 33.5. The Labute approximate surface area is 94.9 Å². The van der Waals surface area contributed by atoms with Crippen LogP contribution in [-0.4, -0.2) is 19.4 Å². The summed E-state index contributed by atoms with van der Waals surface area (Å²) in [6.07, 6.45) is 3.05. The van der Waals surface area contributed by atoms with Gasteiger partial charge in [-0.2, -0.15) is 5.26 Å². The molecule has 1 unspecified atom stereocenters. The Bertz CT molecular complexity index is 380. The fraction of sp³-hybridized carbons (Fsp3) is 0.583. The summed E-state index contributed by atoms with van der Waals surface area (Å²) in [7, 11) is 1.26. The van der Waals surface area contributed by atoms with Gasteiger partial charge in [-0.1, -0.05) is 19.9 Å². The number of carbonyl (C=O) groups is 2. The summed E-state index contributed by atoms with van der Waals surface area (Å²) >= 11 is 0. The Morgan fingerprint density at radius 3 is 2.75 bits per heavy atom. The Kier molecular flexibility index (Phi) is 3.48. The van der Waals surface area contributed by atoms with Crippen LogP contribution in [0.2, 0.25) is 0 Å². The third-order valence-corrected chi connectivity index (χ3v) is 3.51. The number of carbonyl (C=O) groups excluding carboxylic acids is 2. The lowest BCUT2D eigenvalue weighted by atomic mass is 9.62. The molecule has 0 fully saturated rings. The highest BCUT2D eigenvalue weighted by Crippen LogP contribution is 2.45. The van der Waals surface area contributed by atoms with Gasteiger partial charge in [-0.3, -0.25) is 9.59 Å². The summed E-state index contributed by atoms with van der Waals surface area (Å²) in [6.45, 7) is 3.55. The van der Waals surface area contributed by atoms with Crippen molar-refractivity contribution in [2.24, 2.45) is 17.3 Å². The molecule has 4 nitrogen and oxygen atoms in total. The van der Waals surface area contributed by atoms with Crippen molar-refractivity contribution in [3.8, 4) is 6.07 Å². The number of aldehydes is 1. The monoisotopic (exact) mass is 221 g/mol. The van der Waals surface area contributed by atoms with Crippen LogP contribution in [0.5, 0.6) is 0 Å². The van der Waals surface area contributed by atoms with E-state index in [0.29, 0.717) is 18.3 Å². The van der Waals surface area contributed by atoms with Gasteiger partial charge in [0.25, 0.3) is 0 Å². The fourth-order valence-electron chi connectivity index (χ4n) is 2.31. The molecule has 16 heavy (non-hydrogen) atoms.